The highest BCUT2D eigenvalue weighted by Crippen LogP contribution is 2.45. The zero-order valence-corrected chi connectivity index (χ0v) is 17.4. The Balaban J connectivity index is 1.59. The fourth-order valence-corrected chi connectivity index (χ4v) is 4.64. The van der Waals surface area contributed by atoms with E-state index >= 15 is 0 Å². The number of amides is 2. The maximum Gasteiger partial charge on any atom is 0.430 e. The highest BCUT2D eigenvalue weighted by Gasteiger charge is 2.62. The SMILES string of the molecule is O=C1NCC(c2ccc(F)cc2)C2(CCN(C(=O)C(O)(c3ccccc3)C(F)(F)F)CC2)O1. The molecule has 10 heteroatoms. The number of alkyl halides is 3. The zero-order valence-electron chi connectivity index (χ0n) is 17.4. The number of piperidine rings is 1. The molecule has 2 aromatic carbocycles. The molecular weight excluding hydrogens is 444 g/mol. The van der Waals surface area contributed by atoms with E-state index in [1.54, 1.807) is 12.1 Å². The first-order chi connectivity index (χ1) is 15.6. The van der Waals surface area contributed by atoms with Crippen molar-refractivity contribution < 1.29 is 37.0 Å². The van der Waals surface area contributed by atoms with Crippen molar-refractivity contribution in [1.82, 2.24) is 10.2 Å². The first kappa shape index (κ1) is 23.0. The number of benzene rings is 2. The van der Waals surface area contributed by atoms with Gasteiger partial charge >= 0.3 is 12.3 Å². The van der Waals surface area contributed by atoms with Crippen LogP contribution in [0.3, 0.4) is 0 Å². The van der Waals surface area contributed by atoms with Crippen LogP contribution >= 0.6 is 0 Å². The molecule has 2 atom stereocenters. The molecule has 2 heterocycles. The van der Waals surface area contributed by atoms with Gasteiger partial charge in [-0.05, 0) is 17.7 Å². The fraction of sp³-hybridized carbons (Fsp3) is 0.391. The summed E-state index contributed by atoms with van der Waals surface area (Å²) in [7, 11) is 0. The Morgan fingerprint density at radius 3 is 2.24 bits per heavy atom. The summed E-state index contributed by atoms with van der Waals surface area (Å²) in [6.07, 6.45) is -5.77. The standard InChI is InChI=1S/C23H22F4N2O4/c24-17-8-6-15(7-9-17)18-14-28-20(31)33-21(18)10-12-29(13-11-21)19(30)22(32,23(25,26)27)16-4-2-1-3-5-16/h1-9,18,32H,10-14H2,(H,28,31). The molecule has 2 unspecified atom stereocenters. The molecule has 2 aromatic rings. The Hall–Kier alpha value is -3.14. The third kappa shape index (κ3) is 4.03. The second kappa shape index (κ2) is 8.33. The van der Waals surface area contributed by atoms with Crippen LogP contribution in [0.5, 0.6) is 0 Å². The molecule has 1 spiro atoms. The predicted octanol–water partition coefficient (Wildman–Crippen LogP) is 3.46. The van der Waals surface area contributed by atoms with E-state index in [1.165, 1.54) is 30.3 Å². The van der Waals surface area contributed by atoms with Gasteiger partial charge in [-0.1, -0.05) is 42.5 Å². The van der Waals surface area contributed by atoms with Crippen molar-refractivity contribution >= 4 is 12.0 Å². The Morgan fingerprint density at radius 2 is 1.67 bits per heavy atom. The minimum atomic E-state index is -5.24. The van der Waals surface area contributed by atoms with Crippen LogP contribution in [0.2, 0.25) is 0 Å². The average Bonchev–Trinajstić information content (AvgIpc) is 2.79. The average molecular weight is 466 g/mol. The molecule has 2 saturated heterocycles. The monoisotopic (exact) mass is 466 g/mol. The number of likely N-dealkylation sites (tertiary alicyclic amines) is 1. The Bertz CT molecular complexity index is 1020. The summed E-state index contributed by atoms with van der Waals surface area (Å²) in [6.45, 7) is -0.112. The molecule has 0 bridgehead atoms. The van der Waals surface area contributed by atoms with Gasteiger partial charge in [-0.25, -0.2) is 9.18 Å². The fourth-order valence-electron chi connectivity index (χ4n) is 4.64. The van der Waals surface area contributed by atoms with Gasteiger partial charge in [-0.15, -0.1) is 0 Å². The Labute approximate surface area is 187 Å². The lowest BCUT2D eigenvalue weighted by molar-refractivity contribution is -0.262. The zero-order chi connectivity index (χ0) is 23.9. The molecular formula is C23H22F4N2O4. The van der Waals surface area contributed by atoms with E-state index in [0.717, 1.165) is 17.0 Å². The minimum absolute atomic E-state index is 0.0664. The van der Waals surface area contributed by atoms with Crippen LogP contribution in [0, 0.1) is 5.82 Å². The van der Waals surface area contributed by atoms with Crippen molar-refractivity contribution in [2.24, 2.45) is 0 Å². The van der Waals surface area contributed by atoms with Gasteiger partial charge in [0.05, 0.1) is 0 Å². The third-order valence-corrected chi connectivity index (χ3v) is 6.46. The number of nitrogens with zero attached hydrogens (tertiary/aromatic N) is 1. The van der Waals surface area contributed by atoms with Crippen molar-refractivity contribution in [1.29, 1.82) is 0 Å². The molecule has 2 aliphatic heterocycles. The van der Waals surface area contributed by atoms with E-state index in [-0.39, 0.29) is 38.4 Å². The summed E-state index contributed by atoms with van der Waals surface area (Å²) in [5.41, 5.74) is -4.63. The normalized spacial score (nSPS) is 22.3. The van der Waals surface area contributed by atoms with E-state index < -0.39 is 40.8 Å². The summed E-state index contributed by atoms with van der Waals surface area (Å²) < 4.78 is 60.7. The first-order valence-corrected chi connectivity index (χ1v) is 10.4. The van der Waals surface area contributed by atoms with Gasteiger partial charge in [0, 0.05) is 44.0 Å². The number of nitrogens with one attached hydrogen (secondary N) is 1. The number of aliphatic hydroxyl groups is 1. The topological polar surface area (TPSA) is 78.9 Å². The Morgan fingerprint density at radius 1 is 1.06 bits per heavy atom. The maximum absolute atomic E-state index is 13.9. The molecule has 176 valence electrons. The van der Waals surface area contributed by atoms with Crippen molar-refractivity contribution in [2.75, 3.05) is 19.6 Å². The smallest absolute Gasteiger partial charge is 0.430 e. The number of hydrogen-bond donors (Lipinski definition) is 2. The van der Waals surface area contributed by atoms with Gasteiger partial charge in [0.2, 0.25) is 0 Å². The van der Waals surface area contributed by atoms with Crippen LogP contribution in [0.15, 0.2) is 54.6 Å². The van der Waals surface area contributed by atoms with Crippen LogP contribution in [0.1, 0.15) is 29.9 Å². The summed E-state index contributed by atoms with van der Waals surface area (Å²) in [5, 5.41) is 13.2. The van der Waals surface area contributed by atoms with Gasteiger partial charge in [0.1, 0.15) is 11.4 Å². The highest BCUT2D eigenvalue weighted by molar-refractivity contribution is 5.87. The molecule has 0 aliphatic carbocycles. The third-order valence-electron chi connectivity index (χ3n) is 6.46. The number of carbonyl (C=O) groups excluding carboxylic acids is 2. The maximum atomic E-state index is 13.9. The number of hydrogen-bond acceptors (Lipinski definition) is 4. The van der Waals surface area contributed by atoms with E-state index in [1.807, 2.05) is 0 Å². The van der Waals surface area contributed by atoms with Gasteiger partial charge < -0.3 is 20.1 Å². The number of alkyl carbamates (subject to hydrolysis) is 1. The number of rotatable bonds is 3. The molecule has 4 rings (SSSR count). The molecule has 2 N–H and O–H groups in total. The molecule has 0 saturated carbocycles. The van der Waals surface area contributed by atoms with Crippen molar-refractivity contribution in [3.8, 4) is 0 Å². The second-order valence-electron chi connectivity index (χ2n) is 8.31. The lowest BCUT2D eigenvalue weighted by Gasteiger charge is -2.49. The van der Waals surface area contributed by atoms with Crippen LogP contribution in [0.4, 0.5) is 22.4 Å². The Kier molecular flexibility index (Phi) is 5.81. The molecule has 0 aromatic heterocycles. The summed E-state index contributed by atoms with van der Waals surface area (Å²) in [6, 6.07) is 11.9. The summed E-state index contributed by atoms with van der Waals surface area (Å²) >= 11 is 0. The quantitative estimate of drug-likeness (QED) is 0.680. The molecule has 33 heavy (non-hydrogen) atoms. The van der Waals surface area contributed by atoms with E-state index in [0.29, 0.717) is 5.56 Å². The van der Waals surface area contributed by atoms with Gasteiger partial charge in [0.25, 0.3) is 11.5 Å². The molecule has 0 radical (unpaired) electrons. The minimum Gasteiger partial charge on any atom is -0.442 e. The largest absolute Gasteiger partial charge is 0.442 e. The lowest BCUT2D eigenvalue weighted by Crippen LogP contribution is -2.62. The summed E-state index contributed by atoms with van der Waals surface area (Å²) in [5.74, 6) is -2.29. The van der Waals surface area contributed by atoms with Gasteiger partial charge in [0.15, 0.2) is 0 Å². The highest BCUT2D eigenvalue weighted by atomic mass is 19.4. The van der Waals surface area contributed by atoms with Crippen LogP contribution < -0.4 is 5.32 Å². The van der Waals surface area contributed by atoms with Gasteiger partial charge in [-0.2, -0.15) is 13.2 Å². The lowest BCUT2D eigenvalue weighted by atomic mass is 9.74. The van der Waals surface area contributed by atoms with E-state index in [2.05, 4.69) is 5.32 Å². The van der Waals surface area contributed by atoms with Crippen molar-refractivity contribution in [3.05, 3.63) is 71.5 Å². The van der Waals surface area contributed by atoms with Crippen LogP contribution in [-0.4, -0.2) is 53.4 Å². The molecule has 2 aliphatic rings. The first-order valence-electron chi connectivity index (χ1n) is 10.4. The second-order valence-corrected chi connectivity index (χ2v) is 8.31. The predicted molar refractivity (Wildman–Crippen MR) is 109 cm³/mol. The van der Waals surface area contributed by atoms with Crippen LogP contribution in [0.25, 0.3) is 0 Å². The van der Waals surface area contributed by atoms with E-state index in [9.17, 15) is 32.3 Å². The van der Waals surface area contributed by atoms with Crippen molar-refractivity contribution in [3.63, 3.8) is 0 Å². The number of ether oxygens (including phenoxy) is 1. The molecule has 2 fully saturated rings. The summed E-state index contributed by atoms with van der Waals surface area (Å²) in [4.78, 5) is 25.9. The number of carbonyl (C=O) groups is 2. The molecule has 2 amide bonds. The van der Waals surface area contributed by atoms with Gasteiger partial charge in [-0.3, -0.25) is 4.79 Å². The van der Waals surface area contributed by atoms with Crippen LogP contribution in [-0.2, 0) is 15.1 Å². The molecule has 6 nitrogen and oxygen atoms in total. The van der Waals surface area contributed by atoms with E-state index in [4.69, 9.17) is 4.74 Å². The number of halogens is 4. The van der Waals surface area contributed by atoms with Crippen molar-refractivity contribution in [2.45, 2.75) is 36.1 Å².